The van der Waals surface area contributed by atoms with Crippen LogP contribution in [0.25, 0.3) is 22.1 Å². The molecule has 7 nitrogen and oxygen atoms in total. The summed E-state index contributed by atoms with van der Waals surface area (Å²) in [5, 5.41) is 15.0. The molecule has 0 aliphatic carbocycles. The van der Waals surface area contributed by atoms with Gasteiger partial charge in [0.15, 0.2) is 5.82 Å². The predicted molar refractivity (Wildman–Crippen MR) is 121 cm³/mol. The first kappa shape index (κ1) is 20.5. The zero-order chi connectivity index (χ0) is 22.2. The first-order valence-electron chi connectivity index (χ1n) is 10.9. The van der Waals surface area contributed by atoms with Gasteiger partial charge in [-0.1, -0.05) is 35.5 Å². The van der Waals surface area contributed by atoms with Crippen molar-refractivity contribution < 1.29 is 14.0 Å². The van der Waals surface area contributed by atoms with E-state index >= 15 is 0 Å². The van der Waals surface area contributed by atoms with E-state index in [2.05, 4.69) is 15.0 Å². The summed E-state index contributed by atoms with van der Waals surface area (Å²) in [5.74, 6) is 2.30. The summed E-state index contributed by atoms with van der Waals surface area (Å²) >= 11 is 0. The lowest BCUT2D eigenvalue weighted by Gasteiger charge is -2.30. The molecular formula is C25H25N3O4. The topological polar surface area (TPSA) is 92.6 Å². The van der Waals surface area contributed by atoms with Gasteiger partial charge >= 0.3 is 0 Å². The van der Waals surface area contributed by atoms with Crippen LogP contribution in [0.15, 0.2) is 56.2 Å². The number of likely N-dealkylation sites (tertiary alicyclic amines) is 1. The molecule has 2 aromatic heterocycles. The zero-order valence-corrected chi connectivity index (χ0v) is 18.2. The van der Waals surface area contributed by atoms with Gasteiger partial charge < -0.3 is 14.0 Å². The van der Waals surface area contributed by atoms with Gasteiger partial charge in [-0.2, -0.15) is 4.98 Å². The second-order valence-corrected chi connectivity index (χ2v) is 8.40. The normalized spacial score (nSPS) is 15.4. The van der Waals surface area contributed by atoms with Gasteiger partial charge in [-0.05, 0) is 57.5 Å². The van der Waals surface area contributed by atoms with E-state index in [1.54, 1.807) is 19.1 Å². The fourth-order valence-electron chi connectivity index (χ4n) is 4.54. The molecule has 2 aromatic carbocycles. The number of hydrogen-bond donors (Lipinski definition) is 1. The van der Waals surface area contributed by atoms with Crippen molar-refractivity contribution in [3.8, 4) is 16.9 Å². The van der Waals surface area contributed by atoms with E-state index < -0.39 is 0 Å². The number of aryl methyl sites for hydroxylation is 2. The maximum Gasteiger partial charge on any atom is 0.229 e. The Morgan fingerprint density at radius 3 is 2.53 bits per heavy atom. The van der Waals surface area contributed by atoms with Crippen LogP contribution in [0.5, 0.6) is 5.75 Å². The third-order valence-corrected chi connectivity index (χ3v) is 6.24. The van der Waals surface area contributed by atoms with Gasteiger partial charge in [0.25, 0.3) is 0 Å². The number of rotatable bonds is 4. The smallest absolute Gasteiger partial charge is 0.229 e. The number of phenols is 1. The Hall–Kier alpha value is -3.45. The van der Waals surface area contributed by atoms with Crippen LogP contribution < -0.4 is 5.43 Å². The van der Waals surface area contributed by atoms with Crippen molar-refractivity contribution >= 4 is 11.0 Å². The number of fused-ring (bicyclic) bond motifs is 1. The lowest BCUT2D eigenvalue weighted by molar-refractivity contribution is 0.186. The third-order valence-electron chi connectivity index (χ3n) is 6.24. The van der Waals surface area contributed by atoms with Crippen LogP contribution in [0, 0.1) is 13.8 Å². The Bertz CT molecular complexity index is 1320. The highest BCUT2D eigenvalue weighted by atomic mass is 16.5. The molecule has 0 amide bonds. The number of nitrogens with zero attached hydrogens (tertiary/aromatic N) is 3. The average Bonchev–Trinajstić information content (AvgIpc) is 3.23. The van der Waals surface area contributed by atoms with Gasteiger partial charge in [0.2, 0.25) is 11.3 Å². The zero-order valence-electron chi connectivity index (χ0n) is 18.2. The molecule has 0 radical (unpaired) electrons. The quantitative estimate of drug-likeness (QED) is 0.507. The predicted octanol–water partition coefficient (Wildman–Crippen LogP) is 4.55. The van der Waals surface area contributed by atoms with Crippen LogP contribution in [0.2, 0.25) is 0 Å². The maximum absolute atomic E-state index is 13.3. The Kier molecular flexibility index (Phi) is 5.27. The van der Waals surface area contributed by atoms with E-state index in [1.165, 1.54) is 0 Å². The molecule has 5 rings (SSSR count). The molecule has 0 unspecified atom stereocenters. The van der Waals surface area contributed by atoms with E-state index in [9.17, 15) is 9.90 Å². The highest BCUT2D eigenvalue weighted by molar-refractivity contribution is 5.86. The first-order chi connectivity index (χ1) is 15.5. The molecule has 0 spiro atoms. The molecule has 0 atom stereocenters. The Balaban J connectivity index is 1.44. The third kappa shape index (κ3) is 3.69. The summed E-state index contributed by atoms with van der Waals surface area (Å²) in [6, 6.07) is 12.8. The lowest BCUT2D eigenvalue weighted by Crippen LogP contribution is -2.32. The van der Waals surface area contributed by atoms with Crippen molar-refractivity contribution in [1.29, 1.82) is 0 Å². The highest BCUT2D eigenvalue weighted by Gasteiger charge is 2.26. The minimum absolute atomic E-state index is 0.0818. The lowest BCUT2D eigenvalue weighted by atomic mass is 9.96. The van der Waals surface area contributed by atoms with Gasteiger partial charge in [-0.25, -0.2) is 0 Å². The fraction of sp³-hybridized carbons (Fsp3) is 0.320. The van der Waals surface area contributed by atoms with Crippen molar-refractivity contribution in [2.45, 2.75) is 39.2 Å². The number of hydrogen-bond acceptors (Lipinski definition) is 7. The maximum atomic E-state index is 13.3. The summed E-state index contributed by atoms with van der Waals surface area (Å²) in [6.45, 7) is 5.78. The van der Waals surface area contributed by atoms with Crippen molar-refractivity contribution in [3.05, 3.63) is 75.7 Å². The van der Waals surface area contributed by atoms with Crippen LogP contribution >= 0.6 is 0 Å². The molecule has 1 aliphatic rings. The molecule has 0 saturated carbocycles. The molecule has 1 saturated heterocycles. The van der Waals surface area contributed by atoms with Crippen molar-refractivity contribution in [2.24, 2.45) is 0 Å². The second-order valence-electron chi connectivity index (χ2n) is 8.40. The van der Waals surface area contributed by atoms with E-state index in [-0.39, 0.29) is 17.1 Å². The van der Waals surface area contributed by atoms with E-state index in [0.717, 1.165) is 31.5 Å². The molecular weight excluding hydrogens is 406 g/mol. The van der Waals surface area contributed by atoms with Crippen molar-refractivity contribution in [1.82, 2.24) is 15.0 Å². The van der Waals surface area contributed by atoms with Crippen LogP contribution in [-0.2, 0) is 6.54 Å². The summed E-state index contributed by atoms with van der Waals surface area (Å²) in [6.07, 6.45) is 1.79. The van der Waals surface area contributed by atoms with E-state index in [1.807, 2.05) is 37.3 Å². The summed E-state index contributed by atoms with van der Waals surface area (Å²) < 4.78 is 11.5. The molecule has 32 heavy (non-hydrogen) atoms. The summed E-state index contributed by atoms with van der Waals surface area (Å²) in [5.41, 5.74) is 2.41. The molecule has 1 N–H and O–H groups in total. The van der Waals surface area contributed by atoms with E-state index in [0.29, 0.717) is 46.1 Å². The summed E-state index contributed by atoms with van der Waals surface area (Å²) in [4.78, 5) is 20.0. The minimum Gasteiger partial charge on any atom is -0.507 e. The monoisotopic (exact) mass is 431 g/mol. The van der Waals surface area contributed by atoms with Gasteiger partial charge in [-0.15, -0.1) is 0 Å². The Morgan fingerprint density at radius 1 is 1.09 bits per heavy atom. The standard InChI is InChI=1S/C25H25N3O4/c1-15-22(17-6-4-3-5-7-17)23(30)19-8-9-21(29)20(24(19)31-15)14-28-12-10-18(11-13-28)25-26-16(2)27-32-25/h3-9,18,29H,10-14H2,1-2H3. The Labute approximate surface area is 185 Å². The van der Waals surface area contributed by atoms with Crippen LogP contribution in [0.4, 0.5) is 0 Å². The van der Waals surface area contributed by atoms with Crippen LogP contribution in [0.3, 0.4) is 0 Å². The van der Waals surface area contributed by atoms with Crippen LogP contribution in [-0.4, -0.2) is 33.2 Å². The van der Waals surface area contributed by atoms with Gasteiger partial charge in [-0.3, -0.25) is 9.69 Å². The number of phenolic OH excluding ortho intramolecular Hbond substituents is 1. The molecule has 164 valence electrons. The molecule has 3 heterocycles. The number of piperidine rings is 1. The number of aromatic nitrogens is 2. The van der Waals surface area contributed by atoms with Gasteiger partial charge in [0, 0.05) is 12.5 Å². The molecule has 1 fully saturated rings. The number of aromatic hydroxyl groups is 1. The van der Waals surface area contributed by atoms with Crippen molar-refractivity contribution in [3.63, 3.8) is 0 Å². The second kappa shape index (κ2) is 8.24. The first-order valence-corrected chi connectivity index (χ1v) is 10.9. The van der Waals surface area contributed by atoms with Gasteiger partial charge in [0.05, 0.1) is 16.5 Å². The number of benzene rings is 2. The largest absolute Gasteiger partial charge is 0.507 e. The SMILES string of the molecule is Cc1noc(C2CCN(Cc3c(O)ccc4c(=O)c(-c5ccccc5)c(C)oc34)CC2)n1. The average molecular weight is 431 g/mol. The summed E-state index contributed by atoms with van der Waals surface area (Å²) in [7, 11) is 0. The molecule has 4 aromatic rings. The van der Waals surface area contributed by atoms with Crippen molar-refractivity contribution in [2.75, 3.05) is 13.1 Å². The molecule has 1 aliphatic heterocycles. The molecule has 7 heteroatoms. The van der Waals surface area contributed by atoms with E-state index in [4.69, 9.17) is 8.94 Å². The Morgan fingerprint density at radius 2 is 1.84 bits per heavy atom. The van der Waals surface area contributed by atoms with Gasteiger partial charge in [0.1, 0.15) is 17.1 Å². The fourth-order valence-corrected chi connectivity index (χ4v) is 4.54. The molecule has 0 bridgehead atoms. The van der Waals surface area contributed by atoms with Crippen LogP contribution in [0.1, 0.15) is 41.8 Å². The minimum atomic E-state index is -0.0818. The highest BCUT2D eigenvalue weighted by Crippen LogP contribution is 2.33.